The number of hydrogen-bond donors (Lipinski definition) is 0. The summed E-state index contributed by atoms with van der Waals surface area (Å²) in [6.07, 6.45) is 3.30. The lowest BCUT2D eigenvalue weighted by atomic mass is 10.0. The number of alkyl halides is 1. The van der Waals surface area contributed by atoms with Crippen molar-refractivity contribution in [2.45, 2.75) is 19.8 Å². The highest BCUT2D eigenvalue weighted by Gasteiger charge is 2.49. The third-order valence-electron chi connectivity index (χ3n) is 2.83. The second-order valence-electron chi connectivity index (χ2n) is 3.98. The molecule has 1 rings (SSSR count). The van der Waals surface area contributed by atoms with Gasteiger partial charge < -0.3 is 0 Å². The van der Waals surface area contributed by atoms with Crippen LogP contribution in [-0.4, -0.2) is 25.8 Å². The maximum atomic E-state index is 10.9. The minimum Gasteiger partial charge on any atom is -0.229 e. The summed E-state index contributed by atoms with van der Waals surface area (Å²) >= 11 is 3.45. The Morgan fingerprint density at radius 1 is 1.58 bits per heavy atom. The highest BCUT2D eigenvalue weighted by molar-refractivity contribution is 9.09. The highest BCUT2D eigenvalue weighted by Crippen LogP contribution is 2.56. The Hall–Kier alpha value is 0.430. The van der Waals surface area contributed by atoms with Gasteiger partial charge in [-0.05, 0) is 24.2 Å². The molecule has 1 aliphatic carbocycles. The van der Waals surface area contributed by atoms with Gasteiger partial charge in [-0.2, -0.15) is 0 Å². The fourth-order valence-electron chi connectivity index (χ4n) is 1.54. The summed E-state index contributed by atoms with van der Waals surface area (Å²) in [5.74, 6) is 1.03. The molecule has 0 spiro atoms. The van der Waals surface area contributed by atoms with Crippen LogP contribution in [0.5, 0.6) is 0 Å². The van der Waals surface area contributed by atoms with Gasteiger partial charge in [-0.15, -0.1) is 0 Å². The SMILES string of the molecule is CC1CC1(CBr)CCS(C)(=O)=O. The van der Waals surface area contributed by atoms with Crippen LogP contribution in [0.2, 0.25) is 0 Å². The zero-order chi connectivity index (χ0) is 9.41. The molecule has 0 aromatic carbocycles. The van der Waals surface area contributed by atoms with E-state index in [0.717, 1.165) is 11.8 Å². The van der Waals surface area contributed by atoms with Gasteiger partial charge in [-0.1, -0.05) is 22.9 Å². The van der Waals surface area contributed by atoms with Gasteiger partial charge in [0.2, 0.25) is 0 Å². The number of sulfone groups is 1. The average molecular weight is 255 g/mol. The smallest absolute Gasteiger partial charge is 0.147 e. The van der Waals surface area contributed by atoms with E-state index < -0.39 is 9.84 Å². The summed E-state index contributed by atoms with van der Waals surface area (Å²) in [4.78, 5) is 0. The van der Waals surface area contributed by atoms with Crippen molar-refractivity contribution in [1.82, 2.24) is 0 Å². The standard InChI is InChI=1S/C8H15BrO2S/c1-7-5-8(7,6-9)3-4-12(2,10)11/h7H,3-6H2,1-2H3. The van der Waals surface area contributed by atoms with Crippen molar-refractivity contribution >= 4 is 25.8 Å². The van der Waals surface area contributed by atoms with Crippen LogP contribution in [0.1, 0.15) is 19.8 Å². The number of rotatable bonds is 4. The topological polar surface area (TPSA) is 34.1 Å². The van der Waals surface area contributed by atoms with Gasteiger partial charge in [0.1, 0.15) is 9.84 Å². The first-order chi connectivity index (χ1) is 5.40. The molecule has 4 heteroatoms. The monoisotopic (exact) mass is 254 g/mol. The molecule has 1 fully saturated rings. The molecule has 0 amide bonds. The third-order valence-corrected chi connectivity index (χ3v) is 4.90. The van der Waals surface area contributed by atoms with Gasteiger partial charge >= 0.3 is 0 Å². The first kappa shape index (κ1) is 10.5. The molecule has 0 N–H and O–H groups in total. The lowest BCUT2D eigenvalue weighted by Gasteiger charge is -2.11. The van der Waals surface area contributed by atoms with Crippen LogP contribution < -0.4 is 0 Å². The Labute approximate surface area is 82.8 Å². The number of halogens is 1. The van der Waals surface area contributed by atoms with E-state index in [1.54, 1.807) is 0 Å². The molecule has 0 aromatic heterocycles. The molecule has 72 valence electrons. The summed E-state index contributed by atoms with van der Waals surface area (Å²) in [6.45, 7) is 2.18. The van der Waals surface area contributed by atoms with Crippen molar-refractivity contribution in [3.05, 3.63) is 0 Å². The van der Waals surface area contributed by atoms with E-state index in [0.29, 0.717) is 17.1 Å². The fraction of sp³-hybridized carbons (Fsp3) is 1.00. The molecule has 0 radical (unpaired) electrons. The molecule has 1 saturated carbocycles. The molecule has 12 heavy (non-hydrogen) atoms. The predicted molar refractivity (Wildman–Crippen MR) is 54.3 cm³/mol. The summed E-state index contributed by atoms with van der Waals surface area (Å²) < 4.78 is 21.8. The van der Waals surface area contributed by atoms with E-state index in [9.17, 15) is 8.42 Å². The van der Waals surface area contributed by atoms with Gasteiger partial charge in [0, 0.05) is 11.6 Å². The zero-order valence-corrected chi connectivity index (χ0v) is 9.91. The second-order valence-corrected chi connectivity index (χ2v) is 6.80. The third kappa shape index (κ3) is 2.46. The largest absolute Gasteiger partial charge is 0.229 e. The summed E-state index contributed by atoms with van der Waals surface area (Å²) in [5, 5.41) is 0.941. The summed E-state index contributed by atoms with van der Waals surface area (Å²) in [7, 11) is -2.77. The van der Waals surface area contributed by atoms with Gasteiger partial charge in [-0.3, -0.25) is 0 Å². The van der Waals surface area contributed by atoms with Crippen LogP contribution in [0, 0.1) is 11.3 Å². The first-order valence-corrected chi connectivity index (χ1v) is 7.31. The first-order valence-electron chi connectivity index (χ1n) is 4.13. The lowest BCUT2D eigenvalue weighted by molar-refractivity contribution is 0.509. The van der Waals surface area contributed by atoms with E-state index >= 15 is 0 Å². The maximum Gasteiger partial charge on any atom is 0.147 e. The molecule has 0 saturated heterocycles. The molecule has 2 unspecified atom stereocenters. The van der Waals surface area contributed by atoms with Crippen LogP contribution >= 0.6 is 15.9 Å². The minimum absolute atomic E-state index is 0.295. The van der Waals surface area contributed by atoms with Gasteiger partial charge in [0.05, 0.1) is 5.75 Å². The molecule has 2 nitrogen and oxygen atoms in total. The van der Waals surface area contributed by atoms with Gasteiger partial charge in [0.25, 0.3) is 0 Å². The van der Waals surface area contributed by atoms with Crippen LogP contribution in [0.25, 0.3) is 0 Å². The molecule has 0 bridgehead atoms. The Morgan fingerprint density at radius 2 is 2.08 bits per heavy atom. The van der Waals surface area contributed by atoms with E-state index in [1.165, 1.54) is 12.7 Å². The minimum atomic E-state index is -2.77. The molecular formula is C8H15BrO2S. The van der Waals surface area contributed by atoms with Crippen molar-refractivity contribution in [2.24, 2.45) is 11.3 Å². The Balaban J connectivity index is 2.42. The Bertz CT molecular complexity index is 256. The van der Waals surface area contributed by atoms with Crippen LogP contribution in [0.3, 0.4) is 0 Å². The van der Waals surface area contributed by atoms with Crippen molar-refractivity contribution in [3.8, 4) is 0 Å². The lowest BCUT2D eigenvalue weighted by Crippen LogP contribution is -2.13. The number of hydrogen-bond acceptors (Lipinski definition) is 2. The fourth-order valence-corrected chi connectivity index (χ4v) is 3.38. The van der Waals surface area contributed by atoms with Crippen LogP contribution in [-0.2, 0) is 9.84 Å². The van der Waals surface area contributed by atoms with Gasteiger partial charge in [-0.25, -0.2) is 8.42 Å². The maximum absolute atomic E-state index is 10.9. The normalized spacial score (nSPS) is 35.1. The zero-order valence-electron chi connectivity index (χ0n) is 7.51. The van der Waals surface area contributed by atoms with Crippen molar-refractivity contribution in [3.63, 3.8) is 0 Å². The van der Waals surface area contributed by atoms with Crippen LogP contribution in [0.15, 0.2) is 0 Å². The molecule has 0 aliphatic heterocycles. The molecule has 0 aromatic rings. The highest BCUT2D eigenvalue weighted by atomic mass is 79.9. The second kappa shape index (κ2) is 3.29. The van der Waals surface area contributed by atoms with Crippen molar-refractivity contribution in [2.75, 3.05) is 17.3 Å². The van der Waals surface area contributed by atoms with E-state index in [4.69, 9.17) is 0 Å². The average Bonchev–Trinajstić information content (AvgIpc) is 2.57. The van der Waals surface area contributed by atoms with E-state index in [1.807, 2.05) is 0 Å². The Kier molecular flexibility index (Phi) is 2.88. The molecule has 1 aliphatic rings. The molecular weight excluding hydrogens is 240 g/mol. The quantitative estimate of drug-likeness (QED) is 0.718. The molecule has 0 heterocycles. The van der Waals surface area contributed by atoms with Crippen molar-refractivity contribution < 1.29 is 8.42 Å². The summed E-state index contributed by atoms with van der Waals surface area (Å²) in [6, 6.07) is 0. The van der Waals surface area contributed by atoms with E-state index in [-0.39, 0.29) is 0 Å². The van der Waals surface area contributed by atoms with Gasteiger partial charge in [0.15, 0.2) is 0 Å². The predicted octanol–water partition coefficient (Wildman–Crippen LogP) is 1.84. The van der Waals surface area contributed by atoms with E-state index in [2.05, 4.69) is 22.9 Å². The molecule has 2 atom stereocenters. The van der Waals surface area contributed by atoms with Crippen LogP contribution in [0.4, 0.5) is 0 Å². The summed E-state index contributed by atoms with van der Waals surface area (Å²) in [5.41, 5.74) is 0.295. The van der Waals surface area contributed by atoms with Crippen molar-refractivity contribution in [1.29, 1.82) is 0 Å². The Morgan fingerprint density at radius 3 is 2.33 bits per heavy atom.